The predicted molar refractivity (Wildman–Crippen MR) is 93.9 cm³/mol. The first-order valence-corrected chi connectivity index (χ1v) is 12.3. The molecule has 0 aliphatic heterocycles. The lowest BCUT2D eigenvalue weighted by Crippen LogP contribution is -2.34. The summed E-state index contributed by atoms with van der Waals surface area (Å²) in [6, 6.07) is 13.5. The highest BCUT2D eigenvalue weighted by molar-refractivity contribution is 7.31. The van der Waals surface area contributed by atoms with Gasteiger partial charge in [-0.15, -0.1) is 34.0 Å². The third-order valence-electron chi connectivity index (χ3n) is 2.96. The highest BCUT2D eigenvalue weighted by Crippen LogP contribution is 2.38. The van der Waals surface area contributed by atoms with Crippen LogP contribution in [-0.2, 0) is 0 Å². The molecular weight excluding hydrogens is 304 g/mol. The summed E-state index contributed by atoms with van der Waals surface area (Å²) in [4.78, 5) is 5.58. The van der Waals surface area contributed by atoms with E-state index in [1.807, 2.05) is 34.0 Å². The zero-order valence-electron chi connectivity index (χ0n) is 11.3. The van der Waals surface area contributed by atoms with Gasteiger partial charge in [0.25, 0.3) is 0 Å². The average Bonchev–Trinajstić information content (AvgIpc) is 3.10. The molecule has 0 fully saturated rings. The van der Waals surface area contributed by atoms with Crippen molar-refractivity contribution in [3.63, 3.8) is 0 Å². The molecule has 3 aromatic rings. The summed E-state index contributed by atoms with van der Waals surface area (Å²) in [5.74, 6) is 0. The smallest absolute Gasteiger partial charge is 0.0904 e. The molecule has 0 bridgehead atoms. The molecule has 0 N–H and O–H groups in total. The van der Waals surface area contributed by atoms with E-state index in [2.05, 4.69) is 61.4 Å². The molecule has 0 unspecified atom stereocenters. The van der Waals surface area contributed by atoms with Gasteiger partial charge in [-0.2, -0.15) is 0 Å². The van der Waals surface area contributed by atoms with Gasteiger partial charge >= 0.3 is 0 Å². The largest absolute Gasteiger partial charge is 0.144 e. The number of hydrogen-bond donors (Lipinski definition) is 0. The summed E-state index contributed by atoms with van der Waals surface area (Å²) >= 11 is 5.70. The molecular formula is C15H16S3Si. The van der Waals surface area contributed by atoms with Gasteiger partial charge in [0.1, 0.15) is 0 Å². The van der Waals surface area contributed by atoms with Gasteiger partial charge in [-0.05, 0) is 34.1 Å². The minimum atomic E-state index is -1.17. The van der Waals surface area contributed by atoms with Crippen LogP contribution in [0.2, 0.25) is 19.6 Å². The minimum absolute atomic E-state index is 1.17. The van der Waals surface area contributed by atoms with Crippen molar-refractivity contribution in [2.45, 2.75) is 19.6 Å². The molecule has 0 aromatic carbocycles. The molecule has 0 radical (unpaired) electrons. The zero-order chi connectivity index (χ0) is 13.5. The van der Waals surface area contributed by atoms with Crippen LogP contribution in [-0.4, -0.2) is 8.07 Å². The molecule has 98 valence electrons. The average molecular weight is 321 g/mol. The van der Waals surface area contributed by atoms with Crippen molar-refractivity contribution in [1.82, 2.24) is 0 Å². The van der Waals surface area contributed by atoms with E-state index in [4.69, 9.17) is 0 Å². The van der Waals surface area contributed by atoms with Crippen molar-refractivity contribution in [2.75, 3.05) is 0 Å². The number of rotatable bonds is 3. The first-order chi connectivity index (χ1) is 9.04. The van der Waals surface area contributed by atoms with E-state index in [1.54, 1.807) is 4.50 Å². The molecule has 0 aliphatic carbocycles. The molecule has 3 aromatic heterocycles. The Morgan fingerprint density at radius 2 is 1.37 bits per heavy atom. The normalized spacial score (nSPS) is 11.9. The lowest BCUT2D eigenvalue weighted by atomic mass is 10.3. The molecule has 3 heterocycles. The molecule has 0 atom stereocenters. The number of thiophene rings is 3. The Kier molecular flexibility index (Phi) is 3.51. The van der Waals surface area contributed by atoms with Gasteiger partial charge in [0.2, 0.25) is 0 Å². The van der Waals surface area contributed by atoms with Crippen LogP contribution in [0.5, 0.6) is 0 Å². The summed E-state index contributed by atoms with van der Waals surface area (Å²) in [7, 11) is -1.17. The van der Waals surface area contributed by atoms with Gasteiger partial charge in [0.05, 0.1) is 8.07 Å². The van der Waals surface area contributed by atoms with E-state index in [0.717, 1.165) is 0 Å². The maximum atomic E-state index is 2.41. The standard InChI is InChI=1S/C15H16S3Si/c1-19(2,3)15-9-8-14(18-15)13-7-6-12(17-13)11-5-4-10-16-11/h4-10H,1-3H3. The van der Waals surface area contributed by atoms with Crippen LogP contribution in [0.25, 0.3) is 19.5 Å². The molecule has 4 heteroatoms. The monoisotopic (exact) mass is 320 g/mol. The summed E-state index contributed by atoms with van der Waals surface area (Å²) in [6.07, 6.45) is 0. The van der Waals surface area contributed by atoms with E-state index in [0.29, 0.717) is 0 Å². The predicted octanol–water partition coefficient (Wildman–Crippen LogP) is 5.75. The summed E-state index contributed by atoms with van der Waals surface area (Å²) in [6.45, 7) is 7.23. The van der Waals surface area contributed by atoms with E-state index in [-0.39, 0.29) is 0 Å². The molecule has 0 amide bonds. The van der Waals surface area contributed by atoms with Crippen LogP contribution in [0.3, 0.4) is 0 Å². The van der Waals surface area contributed by atoms with E-state index in [1.165, 1.54) is 19.5 Å². The Morgan fingerprint density at radius 3 is 1.95 bits per heavy atom. The third kappa shape index (κ3) is 2.77. The Morgan fingerprint density at radius 1 is 0.737 bits per heavy atom. The van der Waals surface area contributed by atoms with Crippen molar-refractivity contribution < 1.29 is 0 Å². The highest BCUT2D eigenvalue weighted by atomic mass is 32.1. The summed E-state index contributed by atoms with van der Waals surface area (Å²) < 4.78 is 1.59. The van der Waals surface area contributed by atoms with Gasteiger partial charge in [-0.1, -0.05) is 31.8 Å². The van der Waals surface area contributed by atoms with E-state index in [9.17, 15) is 0 Å². The highest BCUT2D eigenvalue weighted by Gasteiger charge is 2.19. The minimum Gasteiger partial charge on any atom is -0.144 e. The van der Waals surface area contributed by atoms with Crippen LogP contribution in [0.1, 0.15) is 0 Å². The Hall–Kier alpha value is -0.683. The van der Waals surface area contributed by atoms with Crippen LogP contribution in [0.4, 0.5) is 0 Å². The molecule has 19 heavy (non-hydrogen) atoms. The van der Waals surface area contributed by atoms with E-state index >= 15 is 0 Å². The quantitative estimate of drug-likeness (QED) is 0.539. The topological polar surface area (TPSA) is 0 Å². The first-order valence-electron chi connectivity index (χ1n) is 6.28. The van der Waals surface area contributed by atoms with E-state index < -0.39 is 8.07 Å². The maximum absolute atomic E-state index is 2.41. The maximum Gasteiger partial charge on any atom is 0.0904 e. The first kappa shape index (κ1) is 13.3. The Balaban J connectivity index is 1.93. The van der Waals surface area contributed by atoms with Crippen molar-refractivity contribution in [1.29, 1.82) is 0 Å². The lowest BCUT2D eigenvalue weighted by molar-refractivity contribution is 1.79. The molecule has 0 saturated heterocycles. The summed E-state index contributed by atoms with van der Waals surface area (Å²) in [5, 5.41) is 2.14. The molecule has 0 spiro atoms. The fraction of sp³-hybridized carbons (Fsp3) is 0.200. The second kappa shape index (κ2) is 5.02. The van der Waals surface area contributed by atoms with Gasteiger partial charge in [-0.25, -0.2) is 0 Å². The van der Waals surface area contributed by atoms with Gasteiger partial charge in [0.15, 0.2) is 0 Å². The summed E-state index contributed by atoms with van der Waals surface area (Å²) in [5.41, 5.74) is 0. The number of hydrogen-bond acceptors (Lipinski definition) is 3. The third-order valence-corrected chi connectivity index (χ3v) is 9.99. The van der Waals surface area contributed by atoms with Crippen LogP contribution >= 0.6 is 34.0 Å². The Bertz CT molecular complexity index is 668. The van der Waals surface area contributed by atoms with Crippen molar-refractivity contribution in [3.05, 3.63) is 41.8 Å². The van der Waals surface area contributed by atoms with Crippen LogP contribution < -0.4 is 4.50 Å². The van der Waals surface area contributed by atoms with Crippen molar-refractivity contribution in [2.24, 2.45) is 0 Å². The fourth-order valence-corrected chi connectivity index (χ4v) is 6.72. The zero-order valence-corrected chi connectivity index (χ0v) is 14.7. The molecule has 0 nitrogen and oxygen atoms in total. The van der Waals surface area contributed by atoms with Crippen LogP contribution in [0, 0.1) is 0 Å². The SMILES string of the molecule is C[Si](C)(C)c1ccc(-c2ccc(-c3cccs3)s2)s1. The van der Waals surface area contributed by atoms with Crippen molar-refractivity contribution in [3.8, 4) is 19.5 Å². The second-order valence-corrected chi connectivity index (χ2v) is 14.1. The van der Waals surface area contributed by atoms with Gasteiger partial charge in [-0.3, -0.25) is 0 Å². The Labute approximate surface area is 127 Å². The molecule has 0 aliphatic rings. The van der Waals surface area contributed by atoms with Gasteiger partial charge < -0.3 is 0 Å². The van der Waals surface area contributed by atoms with Gasteiger partial charge in [0, 0.05) is 19.5 Å². The lowest BCUT2D eigenvalue weighted by Gasteiger charge is -2.12. The van der Waals surface area contributed by atoms with Crippen molar-refractivity contribution >= 4 is 46.6 Å². The van der Waals surface area contributed by atoms with Crippen LogP contribution in [0.15, 0.2) is 41.8 Å². The fourth-order valence-electron chi connectivity index (χ4n) is 1.89. The molecule has 3 rings (SSSR count). The second-order valence-electron chi connectivity index (χ2n) is 5.56. The molecule has 0 saturated carbocycles.